The molecule has 0 N–H and O–H groups in total. The maximum atomic E-state index is 12.9. The number of aromatic nitrogens is 6. The molecule has 0 radical (unpaired) electrons. The van der Waals surface area contributed by atoms with Crippen molar-refractivity contribution in [3.05, 3.63) is 30.1 Å². The Kier molecular flexibility index (Phi) is 5.52. The molecule has 3 aromatic rings. The van der Waals surface area contributed by atoms with Gasteiger partial charge in [0.25, 0.3) is 6.43 Å². The van der Waals surface area contributed by atoms with Gasteiger partial charge in [-0.1, -0.05) is 0 Å². The van der Waals surface area contributed by atoms with Crippen LogP contribution in [0.3, 0.4) is 0 Å². The van der Waals surface area contributed by atoms with Gasteiger partial charge < -0.3 is 9.80 Å². The Morgan fingerprint density at radius 1 is 0.971 bits per heavy atom. The Labute approximate surface area is 191 Å². The third kappa shape index (κ3) is 4.23. The summed E-state index contributed by atoms with van der Waals surface area (Å²) < 4.78 is 65.5. The first-order valence-corrected chi connectivity index (χ1v) is 11.0. The molecule has 2 aliphatic heterocycles. The minimum atomic E-state index is -4.56. The number of hydrogen-bond donors (Lipinski definition) is 0. The first kappa shape index (κ1) is 22.7. The van der Waals surface area contributed by atoms with Crippen LogP contribution in [0.2, 0.25) is 0 Å². The maximum absolute atomic E-state index is 12.9. The zero-order valence-electron chi connectivity index (χ0n) is 18.4. The van der Waals surface area contributed by atoms with Crippen LogP contribution in [0, 0.1) is 12.3 Å². The molecule has 0 saturated carbocycles. The Bertz CT molecular complexity index is 1190. The summed E-state index contributed by atoms with van der Waals surface area (Å²) in [7, 11) is 0. The largest absolute Gasteiger partial charge is 0.451 e. The van der Waals surface area contributed by atoms with E-state index in [1.54, 1.807) is 13.1 Å². The maximum Gasteiger partial charge on any atom is 0.451 e. The van der Waals surface area contributed by atoms with Crippen molar-refractivity contribution in [3.8, 4) is 0 Å². The lowest BCUT2D eigenvalue weighted by Crippen LogP contribution is -2.42. The quantitative estimate of drug-likeness (QED) is 0.525. The molecule has 2 saturated heterocycles. The van der Waals surface area contributed by atoms with Crippen LogP contribution in [-0.2, 0) is 12.7 Å². The highest BCUT2D eigenvalue weighted by molar-refractivity contribution is 5.71. The second-order valence-electron chi connectivity index (χ2n) is 8.98. The second kappa shape index (κ2) is 8.27. The predicted octanol–water partition coefficient (Wildman–Crippen LogP) is 3.71. The second-order valence-corrected chi connectivity index (χ2v) is 8.98. The van der Waals surface area contributed by atoms with Crippen LogP contribution in [0.1, 0.15) is 30.8 Å². The van der Waals surface area contributed by atoms with Gasteiger partial charge in [-0.15, -0.1) is 0 Å². The van der Waals surface area contributed by atoms with E-state index in [4.69, 9.17) is 0 Å². The lowest BCUT2D eigenvalue weighted by Gasteiger charge is -2.39. The molecule has 34 heavy (non-hydrogen) atoms. The minimum absolute atomic E-state index is 0.0423. The zero-order chi connectivity index (χ0) is 24.1. The van der Waals surface area contributed by atoms with Crippen molar-refractivity contribution in [2.45, 2.75) is 45.3 Å². The van der Waals surface area contributed by atoms with Crippen LogP contribution < -0.4 is 9.80 Å². The number of anilines is 2. The summed E-state index contributed by atoms with van der Waals surface area (Å²) >= 11 is 0. The van der Waals surface area contributed by atoms with Crippen molar-refractivity contribution in [2.75, 3.05) is 36.0 Å². The lowest BCUT2D eigenvalue weighted by molar-refractivity contribution is -0.145. The number of aryl methyl sites for hydroxylation is 1. The van der Waals surface area contributed by atoms with Crippen molar-refractivity contribution < 1.29 is 22.0 Å². The number of fused-ring (bicyclic) bond motifs is 1. The van der Waals surface area contributed by atoms with E-state index in [1.807, 2.05) is 0 Å². The summed E-state index contributed by atoms with van der Waals surface area (Å²) in [6, 6.07) is 0. The number of piperidine rings is 1. The van der Waals surface area contributed by atoms with Gasteiger partial charge in [-0.3, -0.25) is 0 Å². The molecule has 0 amide bonds. The van der Waals surface area contributed by atoms with Gasteiger partial charge in [-0.25, -0.2) is 33.4 Å². The van der Waals surface area contributed by atoms with Gasteiger partial charge in [-0.05, 0) is 31.6 Å². The van der Waals surface area contributed by atoms with Crippen molar-refractivity contribution in [3.63, 3.8) is 0 Å². The number of halogens is 5. The van der Waals surface area contributed by atoms with E-state index in [9.17, 15) is 22.0 Å². The van der Waals surface area contributed by atoms with Crippen molar-refractivity contribution in [2.24, 2.45) is 5.41 Å². The molecule has 0 bridgehead atoms. The van der Waals surface area contributed by atoms with Gasteiger partial charge in [0.1, 0.15) is 17.9 Å². The molecule has 8 nitrogen and oxygen atoms in total. The summed E-state index contributed by atoms with van der Waals surface area (Å²) in [5.41, 5.74) is 1.80. The van der Waals surface area contributed by atoms with Gasteiger partial charge in [0, 0.05) is 26.2 Å². The number of nitrogens with zero attached hydrogens (tertiary/aromatic N) is 8. The number of alkyl halides is 5. The van der Waals surface area contributed by atoms with Crippen molar-refractivity contribution >= 4 is 22.7 Å². The lowest BCUT2D eigenvalue weighted by atomic mass is 9.78. The normalized spacial score (nSPS) is 18.6. The van der Waals surface area contributed by atoms with Crippen LogP contribution in [0.4, 0.5) is 33.5 Å². The van der Waals surface area contributed by atoms with Crippen LogP contribution in [-0.4, -0.2) is 62.3 Å². The first-order valence-electron chi connectivity index (χ1n) is 11.0. The smallest absolute Gasteiger partial charge is 0.368 e. The molecular formula is C21H23F5N8. The van der Waals surface area contributed by atoms with Crippen LogP contribution in [0.15, 0.2) is 18.6 Å². The standard InChI is InChI=1S/C21H23F5N8/c1-13-15(9-28-19(30-13)21(24,25)26)33-7-4-20(12-33)2-5-32(6-3-20)17-10-27-14-8-29-34(11-16(22)23)18(14)31-17/h8-10,16H,2-7,11-12H2,1H3. The highest BCUT2D eigenvalue weighted by Crippen LogP contribution is 2.43. The zero-order valence-corrected chi connectivity index (χ0v) is 18.4. The average Bonchev–Trinajstić information content (AvgIpc) is 3.37. The molecule has 5 heterocycles. The molecule has 3 aromatic heterocycles. The molecule has 0 unspecified atom stereocenters. The fourth-order valence-corrected chi connectivity index (χ4v) is 4.92. The van der Waals surface area contributed by atoms with Gasteiger partial charge in [-0.2, -0.15) is 18.3 Å². The molecule has 1 spiro atoms. The molecule has 13 heteroatoms. The summed E-state index contributed by atoms with van der Waals surface area (Å²) in [6.07, 6.45) is -0.0867. The predicted molar refractivity (Wildman–Crippen MR) is 114 cm³/mol. The fourth-order valence-electron chi connectivity index (χ4n) is 4.92. The number of hydrogen-bond acceptors (Lipinski definition) is 7. The van der Waals surface area contributed by atoms with E-state index in [0.29, 0.717) is 28.4 Å². The van der Waals surface area contributed by atoms with Gasteiger partial charge in [0.05, 0.1) is 30.0 Å². The van der Waals surface area contributed by atoms with Crippen LogP contribution >= 0.6 is 0 Å². The highest BCUT2D eigenvalue weighted by Gasteiger charge is 2.42. The third-order valence-electron chi connectivity index (χ3n) is 6.78. The monoisotopic (exact) mass is 482 g/mol. The molecule has 5 rings (SSSR count). The molecule has 2 fully saturated rings. The van der Waals surface area contributed by atoms with Gasteiger partial charge >= 0.3 is 6.18 Å². The Morgan fingerprint density at radius 3 is 2.32 bits per heavy atom. The highest BCUT2D eigenvalue weighted by atomic mass is 19.4. The van der Waals surface area contributed by atoms with Crippen LogP contribution in [0.5, 0.6) is 0 Å². The molecule has 2 aliphatic rings. The minimum Gasteiger partial charge on any atom is -0.368 e. The SMILES string of the molecule is Cc1nc(C(F)(F)F)ncc1N1CCC2(CCN(c3cnc4cnn(CC(F)F)c4n3)CC2)C1. The number of rotatable bonds is 4. The van der Waals surface area contributed by atoms with E-state index < -0.39 is 25.0 Å². The fraction of sp³-hybridized carbons (Fsp3) is 0.571. The Morgan fingerprint density at radius 2 is 1.68 bits per heavy atom. The van der Waals surface area contributed by atoms with Crippen LogP contribution in [0.25, 0.3) is 11.2 Å². The van der Waals surface area contributed by atoms with Crippen molar-refractivity contribution in [1.29, 1.82) is 0 Å². The summed E-state index contributed by atoms with van der Waals surface area (Å²) in [6.45, 7) is 3.94. The van der Waals surface area contributed by atoms with E-state index >= 15 is 0 Å². The van der Waals surface area contributed by atoms with Gasteiger partial charge in [0.15, 0.2) is 5.65 Å². The Balaban J connectivity index is 1.27. The van der Waals surface area contributed by atoms with Gasteiger partial charge in [0.2, 0.25) is 5.82 Å². The van der Waals surface area contributed by atoms with E-state index in [1.165, 1.54) is 17.1 Å². The molecule has 182 valence electrons. The first-order chi connectivity index (χ1) is 16.1. The van der Waals surface area contributed by atoms with E-state index in [0.717, 1.165) is 45.4 Å². The topological polar surface area (TPSA) is 75.9 Å². The van der Waals surface area contributed by atoms with E-state index in [2.05, 4.69) is 34.8 Å². The summed E-state index contributed by atoms with van der Waals surface area (Å²) in [5, 5.41) is 3.96. The molecule has 0 atom stereocenters. The van der Waals surface area contributed by atoms with Crippen molar-refractivity contribution in [1.82, 2.24) is 29.7 Å². The summed E-state index contributed by atoms with van der Waals surface area (Å²) in [5.74, 6) is -0.496. The van der Waals surface area contributed by atoms with E-state index in [-0.39, 0.29) is 5.41 Å². The molecule has 0 aromatic carbocycles. The summed E-state index contributed by atoms with van der Waals surface area (Å²) in [4.78, 5) is 20.2. The molecular weight excluding hydrogens is 459 g/mol. The molecule has 0 aliphatic carbocycles. The average molecular weight is 482 g/mol. The third-order valence-corrected chi connectivity index (χ3v) is 6.78. The Hall–Kier alpha value is -3.12.